The summed E-state index contributed by atoms with van der Waals surface area (Å²) in [5.74, 6) is -0.168. The van der Waals surface area contributed by atoms with Crippen LogP contribution in [0.4, 0.5) is 0 Å². The third-order valence-electron chi connectivity index (χ3n) is 3.00. The average Bonchev–Trinajstić information content (AvgIpc) is 2.42. The fourth-order valence-electron chi connectivity index (χ4n) is 1.98. The molecular formula is C16H14I2O2. The van der Waals surface area contributed by atoms with Gasteiger partial charge in [-0.05, 0) is 80.6 Å². The fourth-order valence-corrected chi connectivity index (χ4v) is 2.69. The highest BCUT2D eigenvalue weighted by molar-refractivity contribution is 14.1. The Morgan fingerprint density at radius 1 is 0.950 bits per heavy atom. The van der Waals surface area contributed by atoms with E-state index in [1.165, 1.54) is 14.1 Å². The number of rotatable bonds is 4. The van der Waals surface area contributed by atoms with E-state index in [9.17, 15) is 4.79 Å². The van der Waals surface area contributed by atoms with E-state index in [-0.39, 0.29) is 11.9 Å². The highest BCUT2D eigenvalue weighted by Crippen LogP contribution is 2.26. The molecule has 0 aromatic heterocycles. The molecule has 4 heteroatoms. The lowest BCUT2D eigenvalue weighted by atomic mass is 9.92. The summed E-state index contributed by atoms with van der Waals surface area (Å²) in [6, 6.07) is 16.7. The monoisotopic (exact) mass is 492 g/mol. The quantitative estimate of drug-likeness (QED) is 0.462. The van der Waals surface area contributed by atoms with Gasteiger partial charge in [0.05, 0.1) is 0 Å². The Labute approximate surface area is 146 Å². The van der Waals surface area contributed by atoms with Crippen molar-refractivity contribution in [3.05, 3.63) is 66.8 Å². The summed E-state index contributed by atoms with van der Waals surface area (Å²) in [5.41, 5.74) is 2.32. The van der Waals surface area contributed by atoms with Crippen molar-refractivity contribution in [3.63, 3.8) is 0 Å². The number of carbonyl (C=O) groups is 1. The number of ether oxygens (including phenoxy) is 1. The molecule has 2 aromatic carbocycles. The summed E-state index contributed by atoms with van der Waals surface area (Å²) in [4.78, 5) is 11.1. The van der Waals surface area contributed by atoms with Crippen LogP contribution >= 0.6 is 45.2 Å². The van der Waals surface area contributed by atoms with Gasteiger partial charge < -0.3 is 4.74 Å². The molecule has 2 aromatic rings. The SMILES string of the molecule is CC(=O)OCC(c1ccc(I)cc1)c1ccc(I)cc1. The van der Waals surface area contributed by atoms with E-state index in [1.807, 2.05) is 0 Å². The Balaban J connectivity index is 2.30. The molecule has 0 amide bonds. The smallest absolute Gasteiger partial charge is 0.302 e. The van der Waals surface area contributed by atoms with Crippen LogP contribution in [0.25, 0.3) is 0 Å². The van der Waals surface area contributed by atoms with Crippen LogP contribution in [-0.2, 0) is 9.53 Å². The highest BCUT2D eigenvalue weighted by Gasteiger charge is 2.15. The maximum Gasteiger partial charge on any atom is 0.302 e. The molecule has 0 radical (unpaired) electrons. The van der Waals surface area contributed by atoms with Crippen LogP contribution in [0, 0.1) is 7.14 Å². The zero-order valence-electron chi connectivity index (χ0n) is 11.0. The minimum Gasteiger partial charge on any atom is -0.465 e. The molecule has 0 unspecified atom stereocenters. The Morgan fingerprint density at radius 3 is 1.70 bits per heavy atom. The molecule has 0 aliphatic carbocycles. The number of esters is 1. The van der Waals surface area contributed by atoms with Gasteiger partial charge in [-0.1, -0.05) is 24.3 Å². The van der Waals surface area contributed by atoms with Crippen molar-refractivity contribution in [2.75, 3.05) is 6.61 Å². The topological polar surface area (TPSA) is 26.3 Å². The lowest BCUT2D eigenvalue weighted by Crippen LogP contribution is -2.12. The predicted octanol–water partition coefficient (Wildman–Crippen LogP) is 4.59. The van der Waals surface area contributed by atoms with E-state index in [4.69, 9.17) is 4.74 Å². The van der Waals surface area contributed by atoms with Crippen molar-refractivity contribution in [2.45, 2.75) is 12.8 Å². The van der Waals surface area contributed by atoms with Crippen LogP contribution in [0.1, 0.15) is 24.0 Å². The summed E-state index contributed by atoms with van der Waals surface area (Å²) in [7, 11) is 0. The maximum absolute atomic E-state index is 11.1. The Bertz CT molecular complexity index is 531. The zero-order valence-corrected chi connectivity index (χ0v) is 15.3. The van der Waals surface area contributed by atoms with E-state index in [0.29, 0.717) is 6.61 Å². The minimum absolute atomic E-state index is 0.0768. The first-order valence-electron chi connectivity index (χ1n) is 6.20. The molecule has 0 aliphatic heterocycles. The summed E-state index contributed by atoms with van der Waals surface area (Å²) in [6.07, 6.45) is 0. The summed E-state index contributed by atoms with van der Waals surface area (Å²) >= 11 is 4.57. The van der Waals surface area contributed by atoms with Gasteiger partial charge in [0, 0.05) is 20.0 Å². The van der Waals surface area contributed by atoms with Gasteiger partial charge >= 0.3 is 5.97 Å². The number of carbonyl (C=O) groups excluding carboxylic acids is 1. The number of hydrogen-bond acceptors (Lipinski definition) is 2. The normalized spacial score (nSPS) is 10.6. The van der Waals surface area contributed by atoms with Crippen LogP contribution < -0.4 is 0 Å². The van der Waals surface area contributed by atoms with Gasteiger partial charge in [-0.3, -0.25) is 4.79 Å². The third-order valence-corrected chi connectivity index (χ3v) is 4.44. The lowest BCUT2D eigenvalue weighted by Gasteiger charge is -2.18. The number of halogens is 2. The van der Waals surface area contributed by atoms with Crippen LogP contribution in [0.15, 0.2) is 48.5 Å². The van der Waals surface area contributed by atoms with E-state index in [2.05, 4.69) is 93.7 Å². The Hall–Kier alpha value is -0.630. The highest BCUT2D eigenvalue weighted by atomic mass is 127. The maximum atomic E-state index is 11.1. The van der Waals surface area contributed by atoms with E-state index >= 15 is 0 Å². The molecule has 20 heavy (non-hydrogen) atoms. The van der Waals surface area contributed by atoms with Crippen LogP contribution in [-0.4, -0.2) is 12.6 Å². The Kier molecular flexibility index (Phi) is 5.83. The standard InChI is InChI=1S/C16H14I2O2/c1-11(19)20-10-16(12-2-6-14(17)7-3-12)13-4-8-15(18)9-5-13/h2-9,16H,10H2,1H3. The van der Waals surface area contributed by atoms with Crippen molar-refractivity contribution in [2.24, 2.45) is 0 Å². The van der Waals surface area contributed by atoms with Crippen molar-refractivity contribution in [1.29, 1.82) is 0 Å². The molecule has 0 heterocycles. The number of hydrogen-bond donors (Lipinski definition) is 0. The molecule has 0 atom stereocenters. The summed E-state index contributed by atoms with van der Waals surface area (Å²) in [6.45, 7) is 1.81. The molecule has 0 saturated heterocycles. The number of benzene rings is 2. The third kappa shape index (κ3) is 4.44. The first-order valence-corrected chi connectivity index (χ1v) is 8.36. The van der Waals surface area contributed by atoms with Gasteiger partial charge in [0.15, 0.2) is 0 Å². The van der Waals surface area contributed by atoms with Gasteiger partial charge in [0.1, 0.15) is 6.61 Å². The molecular weight excluding hydrogens is 478 g/mol. The second kappa shape index (κ2) is 7.40. The molecule has 2 nitrogen and oxygen atoms in total. The van der Waals surface area contributed by atoms with E-state index < -0.39 is 0 Å². The molecule has 0 saturated carbocycles. The van der Waals surface area contributed by atoms with Gasteiger partial charge in [-0.2, -0.15) is 0 Å². The van der Waals surface area contributed by atoms with Crippen molar-refractivity contribution in [1.82, 2.24) is 0 Å². The van der Waals surface area contributed by atoms with E-state index in [1.54, 1.807) is 0 Å². The van der Waals surface area contributed by atoms with Gasteiger partial charge in [-0.25, -0.2) is 0 Å². The largest absolute Gasteiger partial charge is 0.465 e. The molecule has 104 valence electrons. The summed E-state index contributed by atoms with van der Waals surface area (Å²) < 4.78 is 7.62. The minimum atomic E-state index is -0.244. The average molecular weight is 492 g/mol. The fraction of sp³-hybridized carbons (Fsp3) is 0.188. The second-order valence-corrected chi connectivity index (χ2v) is 6.95. The van der Waals surface area contributed by atoms with Gasteiger partial charge in [-0.15, -0.1) is 0 Å². The molecule has 0 fully saturated rings. The molecule has 0 N–H and O–H groups in total. The van der Waals surface area contributed by atoms with Crippen LogP contribution in [0.2, 0.25) is 0 Å². The second-order valence-electron chi connectivity index (χ2n) is 4.46. The molecule has 0 bridgehead atoms. The van der Waals surface area contributed by atoms with Crippen LogP contribution in [0.3, 0.4) is 0 Å². The van der Waals surface area contributed by atoms with Crippen molar-refractivity contribution in [3.8, 4) is 0 Å². The zero-order chi connectivity index (χ0) is 14.5. The van der Waals surface area contributed by atoms with Gasteiger partial charge in [0.2, 0.25) is 0 Å². The first kappa shape index (κ1) is 15.8. The van der Waals surface area contributed by atoms with Gasteiger partial charge in [0.25, 0.3) is 0 Å². The molecule has 2 rings (SSSR count). The predicted molar refractivity (Wildman–Crippen MR) is 96.8 cm³/mol. The Morgan fingerprint density at radius 2 is 1.35 bits per heavy atom. The molecule has 0 aliphatic rings. The van der Waals surface area contributed by atoms with Crippen LogP contribution in [0.5, 0.6) is 0 Å². The molecule has 0 spiro atoms. The van der Waals surface area contributed by atoms with E-state index in [0.717, 1.165) is 11.1 Å². The summed E-state index contributed by atoms with van der Waals surface area (Å²) in [5, 5.41) is 0. The van der Waals surface area contributed by atoms with Crippen molar-refractivity contribution >= 4 is 51.2 Å². The van der Waals surface area contributed by atoms with Crippen molar-refractivity contribution < 1.29 is 9.53 Å². The lowest BCUT2D eigenvalue weighted by molar-refractivity contribution is -0.141. The first-order chi connectivity index (χ1) is 9.56.